The molecule has 0 radical (unpaired) electrons. The lowest BCUT2D eigenvalue weighted by molar-refractivity contribution is 0.215. The first-order valence-electron chi connectivity index (χ1n) is 5.38. The average molecular weight is 220 g/mol. The molecule has 1 aromatic rings. The Bertz CT molecular complexity index is 354. The van der Waals surface area contributed by atoms with E-state index in [0.717, 1.165) is 18.7 Å². The summed E-state index contributed by atoms with van der Waals surface area (Å²) in [5.41, 5.74) is 1.06. The van der Waals surface area contributed by atoms with Crippen molar-refractivity contribution < 1.29 is 4.79 Å². The fourth-order valence-corrected chi connectivity index (χ4v) is 1.87. The van der Waals surface area contributed by atoms with Crippen LogP contribution in [0.4, 0.5) is 4.79 Å². The molecule has 1 aliphatic rings. The molecule has 0 saturated carbocycles. The van der Waals surface area contributed by atoms with Gasteiger partial charge < -0.3 is 15.5 Å². The molecule has 0 bridgehead atoms. The molecule has 16 heavy (non-hydrogen) atoms. The number of urea groups is 1. The van der Waals surface area contributed by atoms with Crippen LogP contribution in [0.2, 0.25) is 0 Å². The summed E-state index contributed by atoms with van der Waals surface area (Å²) in [5.74, 6) is 0. The van der Waals surface area contributed by atoms with Crippen LogP contribution in [0.1, 0.15) is 5.56 Å². The highest BCUT2D eigenvalue weighted by Gasteiger charge is 2.27. The van der Waals surface area contributed by atoms with Gasteiger partial charge in [-0.3, -0.25) is 4.98 Å². The summed E-state index contributed by atoms with van der Waals surface area (Å²) in [6.07, 6.45) is 3.52. The van der Waals surface area contributed by atoms with Crippen molar-refractivity contribution in [1.29, 1.82) is 0 Å². The molecule has 5 heteroatoms. The van der Waals surface area contributed by atoms with Crippen molar-refractivity contribution in [3.8, 4) is 0 Å². The molecule has 2 heterocycles. The topological polar surface area (TPSA) is 57.3 Å². The zero-order valence-corrected chi connectivity index (χ0v) is 9.31. The van der Waals surface area contributed by atoms with E-state index < -0.39 is 0 Å². The van der Waals surface area contributed by atoms with Crippen molar-refractivity contribution in [2.75, 3.05) is 20.1 Å². The summed E-state index contributed by atoms with van der Waals surface area (Å²) in [5, 5.41) is 5.99. The number of hydrogen-bond acceptors (Lipinski definition) is 3. The van der Waals surface area contributed by atoms with E-state index in [-0.39, 0.29) is 12.1 Å². The molecule has 2 rings (SSSR count). The third-order valence-corrected chi connectivity index (χ3v) is 2.60. The number of aromatic nitrogens is 1. The van der Waals surface area contributed by atoms with Crippen LogP contribution in [-0.4, -0.2) is 42.1 Å². The fourth-order valence-electron chi connectivity index (χ4n) is 1.87. The number of carbonyl (C=O) groups is 1. The number of rotatable bonds is 4. The Kier molecular flexibility index (Phi) is 3.36. The summed E-state index contributed by atoms with van der Waals surface area (Å²) in [4.78, 5) is 17.5. The smallest absolute Gasteiger partial charge is 0.318 e. The monoisotopic (exact) mass is 220 g/mol. The largest absolute Gasteiger partial charge is 0.332 e. The van der Waals surface area contributed by atoms with E-state index in [1.807, 2.05) is 19.2 Å². The molecule has 1 aromatic heterocycles. The highest BCUT2D eigenvalue weighted by molar-refractivity contribution is 5.76. The Labute approximate surface area is 94.9 Å². The molecule has 2 N–H and O–H groups in total. The molecule has 5 nitrogen and oxygen atoms in total. The van der Waals surface area contributed by atoms with Gasteiger partial charge in [0.2, 0.25) is 0 Å². The lowest BCUT2D eigenvalue weighted by atomic mass is 10.2. The van der Waals surface area contributed by atoms with E-state index >= 15 is 0 Å². The van der Waals surface area contributed by atoms with E-state index in [2.05, 4.69) is 15.6 Å². The van der Waals surface area contributed by atoms with E-state index in [0.29, 0.717) is 6.54 Å². The summed E-state index contributed by atoms with van der Waals surface area (Å²) >= 11 is 0. The van der Waals surface area contributed by atoms with Crippen LogP contribution < -0.4 is 10.6 Å². The first-order chi connectivity index (χ1) is 7.79. The third kappa shape index (κ3) is 2.49. The molecule has 1 fully saturated rings. The molecular formula is C11H16N4O. The van der Waals surface area contributed by atoms with Crippen LogP contribution in [0.25, 0.3) is 0 Å². The Morgan fingerprint density at radius 3 is 3.25 bits per heavy atom. The van der Waals surface area contributed by atoms with Crippen LogP contribution in [0, 0.1) is 0 Å². The minimum atomic E-state index is 0.00380. The molecular weight excluding hydrogens is 204 g/mol. The van der Waals surface area contributed by atoms with Crippen molar-refractivity contribution in [3.05, 3.63) is 30.1 Å². The minimum absolute atomic E-state index is 0.00380. The number of likely N-dealkylation sites (N-methyl/N-ethyl adjacent to an activating group) is 1. The summed E-state index contributed by atoms with van der Waals surface area (Å²) < 4.78 is 0. The van der Waals surface area contributed by atoms with Crippen LogP contribution in [0.15, 0.2) is 24.5 Å². The SMILES string of the molecule is CNCC1CN(Cc2cccnc2)C(=O)N1. The second-order valence-electron chi connectivity index (χ2n) is 3.95. The van der Waals surface area contributed by atoms with Crippen molar-refractivity contribution in [2.24, 2.45) is 0 Å². The van der Waals surface area contributed by atoms with Gasteiger partial charge in [-0.1, -0.05) is 6.07 Å². The van der Waals surface area contributed by atoms with Crippen LogP contribution in [0.3, 0.4) is 0 Å². The van der Waals surface area contributed by atoms with Gasteiger partial charge in [-0.15, -0.1) is 0 Å². The maximum absolute atomic E-state index is 11.6. The van der Waals surface area contributed by atoms with E-state index in [1.54, 1.807) is 17.3 Å². The van der Waals surface area contributed by atoms with Gasteiger partial charge in [0.05, 0.1) is 6.04 Å². The van der Waals surface area contributed by atoms with E-state index in [4.69, 9.17) is 0 Å². The van der Waals surface area contributed by atoms with Crippen molar-refractivity contribution in [1.82, 2.24) is 20.5 Å². The molecule has 1 unspecified atom stereocenters. The summed E-state index contributed by atoms with van der Waals surface area (Å²) in [6.45, 7) is 2.17. The molecule has 86 valence electrons. The second-order valence-corrected chi connectivity index (χ2v) is 3.95. The van der Waals surface area contributed by atoms with Crippen molar-refractivity contribution in [2.45, 2.75) is 12.6 Å². The minimum Gasteiger partial charge on any atom is -0.332 e. The number of hydrogen-bond donors (Lipinski definition) is 2. The Hall–Kier alpha value is -1.62. The maximum Gasteiger partial charge on any atom is 0.318 e. The molecule has 1 atom stereocenters. The summed E-state index contributed by atoms with van der Waals surface area (Å²) in [7, 11) is 1.88. The molecule has 0 aromatic carbocycles. The van der Waals surface area contributed by atoms with Gasteiger partial charge in [0.25, 0.3) is 0 Å². The van der Waals surface area contributed by atoms with Crippen molar-refractivity contribution >= 4 is 6.03 Å². The van der Waals surface area contributed by atoms with Crippen LogP contribution >= 0.6 is 0 Å². The predicted molar refractivity (Wildman–Crippen MR) is 60.9 cm³/mol. The Balaban J connectivity index is 1.94. The van der Waals surface area contributed by atoms with Gasteiger partial charge in [-0.2, -0.15) is 0 Å². The van der Waals surface area contributed by atoms with E-state index in [9.17, 15) is 4.79 Å². The molecule has 1 aliphatic heterocycles. The zero-order valence-electron chi connectivity index (χ0n) is 9.31. The quantitative estimate of drug-likeness (QED) is 0.762. The Morgan fingerprint density at radius 2 is 2.56 bits per heavy atom. The summed E-state index contributed by atoms with van der Waals surface area (Å²) in [6, 6.07) is 4.07. The Morgan fingerprint density at radius 1 is 1.69 bits per heavy atom. The number of nitrogens with zero attached hydrogens (tertiary/aromatic N) is 2. The van der Waals surface area contributed by atoms with Gasteiger partial charge in [0.1, 0.15) is 0 Å². The lowest BCUT2D eigenvalue weighted by Gasteiger charge is -2.14. The first kappa shape index (κ1) is 10.9. The number of pyridine rings is 1. The zero-order chi connectivity index (χ0) is 11.4. The van der Waals surface area contributed by atoms with Crippen LogP contribution in [-0.2, 0) is 6.54 Å². The predicted octanol–water partition coefficient (Wildman–Crippen LogP) is 0.195. The van der Waals surface area contributed by atoms with Gasteiger partial charge in [0, 0.05) is 32.0 Å². The molecule has 1 saturated heterocycles. The van der Waals surface area contributed by atoms with Gasteiger partial charge in [-0.25, -0.2) is 4.79 Å². The van der Waals surface area contributed by atoms with Crippen molar-refractivity contribution in [3.63, 3.8) is 0 Å². The fraction of sp³-hybridized carbons (Fsp3) is 0.455. The number of amides is 2. The maximum atomic E-state index is 11.6. The molecule has 0 aliphatic carbocycles. The lowest BCUT2D eigenvalue weighted by Crippen LogP contribution is -2.35. The van der Waals surface area contributed by atoms with Gasteiger partial charge >= 0.3 is 6.03 Å². The molecule has 2 amide bonds. The highest BCUT2D eigenvalue weighted by atomic mass is 16.2. The van der Waals surface area contributed by atoms with Gasteiger partial charge in [0.15, 0.2) is 0 Å². The first-order valence-corrected chi connectivity index (χ1v) is 5.38. The van der Waals surface area contributed by atoms with Gasteiger partial charge in [-0.05, 0) is 18.7 Å². The normalized spacial score (nSPS) is 19.9. The second kappa shape index (κ2) is 4.94. The standard InChI is InChI=1S/C11H16N4O/c1-12-6-10-8-15(11(16)14-10)7-9-3-2-4-13-5-9/h2-5,10,12H,6-8H2,1H3,(H,14,16). The van der Waals surface area contributed by atoms with E-state index in [1.165, 1.54) is 0 Å². The van der Waals surface area contributed by atoms with Crippen LogP contribution in [0.5, 0.6) is 0 Å². The third-order valence-electron chi connectivity index (χ3n) is 2.60. The average Bonchev–Trinajstić information content (AvgIpc) is 2.61. The highest BCUT2D eigenvalue weighted by Crippen LogP contribution is 2.09. The number of carbonyl (C=O) groups excluding carboxylic acids is 1. The number of nitrogens with one attached hydrogen (secondary N) is 2. The molecule has 0 spiro atoms.